The molecule has 0 aliphatic carbocycles. The Morgan fingerprint density at radius 2 is 2.00 bits per heavy atom. The number of carbonyl (C=O) groups is 1. The van der Waals surface area contributed by atoms with Gasteiger partial charge in [-0.2, -0.15) is 0 Å². The SMILES string of the molecule is C=C/C=C\C(CC)=C(/C)C(=O)N(C)C. The fraction of sp³-hybridized carbons (Fsp3) is 0.417. The third-order valence-corrected chi connectivity index (χ3v) is 2.02. The van der Waals surface area contributed by atoms with Gasteiger partial charge in [0.05, 0.1) is 0 Å². The van der Waals surface area contributed by atoms with E-state index in [1.165, 1.54) is 0 Å². The molecule has 0 aromatic heterocycles. The Hall–Kier alpha value is -1.31. The van der Waals surface area contributed by atoms with E-state index in [0.29, 0.717) is 0 Å². The van der Waals surface area contributed by atoms with Crippen molar-refractivity contribution in [2.75, 3.05) is 14.1 Å². The molecule has 0 saturated carbocycles. The van der Waals surface area contributed by atoms with E-state index in [1.807, 2.05) is 26.0 Å². The largest absolute Gasteiger partial charge is 0.345 e. The molecule has 0 radical (unpaired) electrons. The minimum Gasteiger partial charge on any atom is -0.345 e. The molecule has 78 valence electrons. The summed E-state index contributed by atoms with van der Waals surface area (Å²) in [6, 6.07) is 0. The molecule has 14 heavy (non-hydrogen) atoms. The molecule has 0 spiro atoms. The summed E-state index contributed by atoms with van der Waals surface area (Å²) in [5.74, 6) is 0.0653. The highest BCUT2D eigenvalue weighted by molar-refractivity contribution is 5.93. The summed E-state index contributed by atoms with van der Waals surface area (Å²) < 4.78 is 0. The predicted molar refractivity (Wildman–Crippen MR) is 61.0 cm³/mol. The molecule has 0 unspecified atom stereocenters. The Morgan fingerprint density at radius 1 is 1.43 bits per heavy atom. The van der Waals surface area contributed by atoms with Gasteiger partial charge in [0, 0.05) is 19.7 Å². The highest BCUT2D eigenvalue weighted by Crippen LogP contribution is 2.11. The van der Waals surface area contributed by atoms with Gasteiger partial charge < -0.3 is 4.90 Å². The van der Waals surface area contributed by atoms with Crippen LogP contribution in [0.4, 0.5) is 0 Å². The van der Waals surface area contributed by atoms with Gasteiger partial charge in [0.15, 0.2) is 0 Å². The molecule has 0 rings (SSSR count). The standard InChI is InChI=1S/C12H19NO/c1-6-8-9-11(7-2)10(3)12(14)13(4)5/h6,8-9H,1,7H2,2-5H3/b9-8-,11-10+. The average Bonchev–Trinajstić information content (AvgIpc) is 2.17. The molecular weight excluding hydrogens is 174 g/mol. The van der Waals surface area contributed by atoms with Crippen LogP contribution in [-0.4, -0.2) is 24.9 Å². The van der Waals surface area contributed by atoms with E-state index in [9.17, 15) is 4.79 Å². The Morgan fingerprint density at radius 3 is 2.36 bits per heavy atom. The molecule has 0 aliphatic heterocycles. The summed E-state index contributed by atoms with van der Waals surface area (Å²) in [4.78, 5) is 13.2. The molecule has 2 heteroatoms. The fourth-order valence-corrected chi connectivity index (χ4v) is 1.16. The second-order valence-electron chi connectivity index (χ2n) is 3.30. The number of hydrogen-bond acceptors (Lipinski definition) is 1. The minimum absolute atomic E-state index is 0.0653. The number of hydrogen-bond donors (Lipinski definition) is 0. The van der Waals surface area contributed by atoms with Gasteiger partial charge >= 0.3 is 0 Å². The van der Waals surface area contributed by atoms with Gasteiger partial charge in [0.25, 0.3) is 0 Å². The van der Waals surface area contributed by atoms with Crippen molar-refractivity contribution in [2.45, 2.75) is 20.3 Å². The van der Waals surface area contributed by atoms with Crippen LogP contribution in [0.5, 0.6) is 0 Å². The lowest BCUT2D eigenvalue weighted by Gasteiger charge is -2.12. The lowest BCUT2D eigenvalue weighted by Crippen LogP contribution is -2.23. The third kappa shape index (κ3) is 3.60. The monoisotopic (exact) mass is 193 g/mol. The van der Waals surface area contributed by atoms with Gasteiger partial charge in [-0.1, -0.05) is 31.7 Å². The van der Waals surface area contributed by atoms with Gasteiger partial charge in [-0.3, -0.25) is 4.79 Å². The number of nitrogens with zero attached hydrogens (tertiary/aromatic N) is 1. The summed E-state index contributed by atoms with van der Waals surface area (Å²) in [5, 5.41) is 0. The smallest absolute Gasteiger partial charge is 0.249 e. The summed E-state index contributed by atoms with van der Waals surface area (Å²) in [6.45, 7) is 7.49. The molecule has 0 saturated heterocycles. The Kier molecular flexibility index (Phi) is 5.61. The van der Waals surface area contributed by atoms with Gasteiger partial charge in [-0.25, -0.2) is 0 Å². The molecular formula is C12H19NO. The third-order valence-electron chi connectivity index (χ3n) is 2.02. The predicted octanol–water partition coefficient (Wildman–Crippen LogP) is 2.54. The summed E-state index contributed by atoms with van der Waals surface area (Å²) in [7, 11) is 3.52. The first-order valence-corrected chi connectivity index (χ1v) is 4.75. The second-order valence-corrected chi connectivity index (χ2v) is 3.30. The van der Waals surface area contributed by atoms with Crippen LogP contribution in [0.3, 0.4) is 0 Å². The Labute approximate surface area is 86.6 Å². The number of rotatable bonds is 4. The van der Waals surface area contributed by atoms with Crippen molar-refractivity contribution in [1.82, 2.24) is 4.90 Å². The van der Waals surface area contributed by atoms with Gasteiger partial charge in [0.1, 0.15) is 0 Å². The van der Waals surface area contributed by atoms with Crippen LogP contribution in [0.15, 0.2) is 36.0 Å². The fourth-order valence-electron chi connectivity index (χ4n) is 1.16. The minimum atomic E-state index is 0.0653. The molecule has 0 heterocycles. The Balaban J connectivity index is 4.91. The summed E-state index contributed by atoms with van der Waals surface area (Å²) in [5.41, 5.74) is 1.86. The van der Waals surface area contributed by atoms with E-state index >= 15 is 0 Å². The van der Waals surface area contributed by atoms with Crippen molar-refractivity contribution < 1.29 is 4.79 Å². The first-order chi connectivity index (χ1) is 6.54. The number of carbonyl (C=O) groups excluding carboxylic acids is 1. The molecule has 0 bridgehead atoms. The molecule has 0 aliphatic rings. The molecule has 1 amide bonds. The first-order valence-electron chi connectivity index (χ1n) is 4.75. The zero-order valence-electron chi connectivity index (χ0n) is 9.50. The Bertz CT molecular complexity index is 272. The van der Waals surface area contributed by atoms with Crippen molar-refractivity contribution in [1.29, 1.82) is 0 Å². The quantitative estimate of drug-likeness (QED) is 0.496. The normalized spacial score (nSPS) is 12.6. The van der Waals surface area contributed by atoms with Crippen molar-refractivity contribution >= 4 is 5.91 Å². The van der Waals surface area contributed by atoms with Crippen molar-refractivity contribution in [3.63, 3.8) is 0 Å². The van der Waals surface area contributed by atoms with Crippen molar-refractivity contribution in [3.8, 4) is 0 Å². The number of amides is 1. The lowest BCUT2D eigenvalue weighted by molar-refractivity contribution is -0.124. The van der Waals surface area contributed by atoms with E-state index in [0.717, 1.165) is 17.6 Å². The van der Waals surface area contributed by atoms with Crippen LogP contribution in [0, 0.1) is 0 Å². The molecule has 0 aromatic carbocycles. The van der Waals surface area contributed by atoms with Crippen LogP contribution in [-0.2, 0) is 4.79 Å². The maximum absolute atomic E-state index is 11.6. The van der Waals surface area contributed by atoms with E-state index < -0.39 is 0 Å². The number of allylic oxidation sites excluding steroid dienone is 4. The van der Waals surface area contributed by atoms with Crippen molar-refractivity contribution in [3.05, 3.63) is 36.0 Å². The van der Waals surface area contributed by atoms with Crippen LogP contribution in [0.25, 0.3) is 0 Å². The van der Waals surface area contributed by atoms with Gasteiger partial charge in [-0.05, 0) is 18.9 Å². The lowest BCUT2D eigenvalue weighted by atomic mass is 10.1. The molecule has 0 atom stereocenters. The van der Waals surface area contributed by atoms with Crippen LogP contribution in [0.1, 0.15) is 20.3 Å². The van der Waals surface area contributed by atoms with Crippen molar-refractivity contribution in [2.24, 2.45) is 0 Å². The van der Waals surface area contributed by atoms with E-state index in [2.05, 4.69) is 6.58 Å². The first kappa shape index (κ1) is 12.7. The highest BCUT2D eigenvalue weighted by Gasteiger charge is 2.09. The zero-order valence-corrected chi connectivity index (χ0v) is 9.50. The molecule has 0 aromatic rings. The topological polar surface area (TPSA) is 20.3 Å². The van der Waals surface area contributed by atoms with E-state index in [-0.39, 0.29) is 5.91 Å². The second kappa shape index (κ2) is 6.19. The summed E-state index contributed by atoms with van der Waals surface area (Å²) in [6.07, 6.45) is 6.35. The maximum atomic E-state index is 11.6. The zero-order chi connectivity index (χ0) is 11.1. The van der Waals surface area contributed by atoms with Gasteiger partial charge in [-0.15, -0.1) is 0 Å². The van der Waals surface area contributed by atoms with Crippen LogP contribution >= 0.6 is 0 Å². The average molecular weight is 193 g/mol. The van der Waals surface area contributed by atoms with Gasteiger partial charge in [0.2, 0.25) is 5.91 Å². The molecule has 0 N–H and O–H groups in total. The maximum Gasteiger partial charge on any atom is 0.249 e. The number of likely N-dealkylation sites (N-methyl/N-ethyl adjacent to an activating group) is 1. The van der Waals surface area contributed by atoms with E-state index in [1.54, 1.807) is 25.1 Å². The van der Waals surface area contributed by atoms with Crippen LogP contribution in [0.2, 0.25) is 0 Å². The highest BCUT2D eigenvalue weighted by atomic mass is 16.2. The van der Waals surface area contributed by atoms with Crippen LogP contribution < -0.4 is 0 Å². The molecule has 2 nitrogen and oxygen atoms in total. The molecule has 0 fully saturated rings. The summed E-state index contributed by atoms with van der Waals surface area (Å²) >= 11 is 0. The van der Waals surface area contributed by atoms with E-state index in [4.69, 9.17) is 0 Å².